The largest absolute Gasteiger partial charge is 0.480 e. The molecule has 0 amide bonds. The van der Waals surface area contributed by atoms with Gasteiger partial charge >= 0.3 is 0 Å². The second kappa shape index (κ2) is 5.44. The Kier molecular flexibility index (Phi) is 4.15. The molecule has 21 heavy (non-hydrogen) atoms. The Morgan fingerprint density at radius 3 is 2.24 bits per heavy atom. The summed E-state index contributed by atoms with van der Waals surface area (Å²) in [5, 5.41) is 3.56. The Balaban J connectivity index is 2.40. The Hall–Kier alpha value is -1.36. The van der Waals surface area contributed by atoms with Crippen LogP contribution in [-0.2, 0) is 0 Å². The zero-order valence-corrected chi connectivity index (χ0v) is 14.2. The van der Waals surface area contributed by atoms with Crippen molar-refractivity contribution in [3.05, 3.63) is 11.9 Å². The minimum atomic E-state index is 0.133. The third-order valence-corrected chi connectivity index (χ3v) is 5.33. The van der Waals surface area contributed by atoms with E-state index in [1.54, 1.807) is 20.4 Å². The lowest BCUT2D eigenvalue weighted by Gasteiger charge is -2.21. The van der Waals surface area contributed by atoms with Crippen LogP contribution in [-0.4, -0.2) is 30.7 Å². The van der Waals surface area contributed by atoms with Crippen LogP contribution in [0.1, 0.15) is 46.4 Å². The fourth-order valence-corrected chi connectivity index (χ4v) is 3.50. The van der Waals surface area contributed by atoms with Crippen molar-refractivity contribution >= 4 is 0 Å². The molecule has 0 aliphatic heterocycles. The summed E-state index contributed by atoms with van der Waals surface area (Å²) in [6.45, 7) is 12.2. The van der Waals surface area contributed by atoms with Gasteiger partial charge in [-0.15, -0.1) is 0 Å². The van der Waals surface area contributed by atoms with Gasteiger partial charge in [0.15, 0.2) is 0 Å². The van der Waals surface area contributed by atoms with Crippen LogP contribution in [0.5, 0.6) is 11.8 Å². The number of hydrogen-bond acceptors (Lipinski definition) is 5. The molecule has 1 aromatic rings. The van der Waals surface area contributed by atoms with Crippen molar-refractivity contribution in [2.24, 2.45) is 16.7 Å². The highest BCUT2D eigenvalue weighted by molar-refractivity contribution is 5.31. The van der Waals surface area contributed by atoms with E-state index in [1.807, 2.05) is 0 Å². The van der Waals surface area contributed by atoms with E-state index >= 15 is 0 Å². The maximum absolute atomic E-state index is 5.44. The quantitative estimate of drug-likeness (QED) is 0.874. The molecule has 1 aliphatic carbocycles. The van der Waals surface area contributed by atoms with Gasteiger partial charge in [0.25, 0.3) is 0 Å². The number of nitrogens with one attached hydrogen (secondary N) is 1. The van der Waals surface area contributed by atoms with Gasteiger partial charge in [0.05, 0.1) is 26.5 Å². The second-order valence-electron chi connectivity index (χ2n) is 6.76. The van der Waals surface area contributed by atoms with Gasteiger partial charge < -0.3 is 14.8 Å². The summed E-state index contributed by atoms with van der Waals surface area (Å²) in [6.07, 6.45) is 1.66. The third kappa shape index (κ3) is 2.48. The SMILES string of the molecule is CCNC(c1ncc(OC)nc1OC)C1C(C)(C)C1(C)C. The number of ether oxygens (including phenoxy) is 2. The van der Waals surface area contributed by atoms with E-state index in [1.165, 1.54) is 0 Å². The summed E-state index contributed by atoms with van der Waals surface area (Å²) < 4.78 is 10.6. The van der Waals surface area contributed by atoms with Gasteiger partial charge in [0.2, 0.25) is 11.8 Å². The van der Waals surface area contributed by atoms with Crippen LogP contribution in [0.2, 0.25) is 0 Å². The average Bonchev–Trinajstić information content (AvgIpc) is 2.86. The number of aromatic nitrogens is 2. The molecule has 0 bridgehead atoms. The monoisotopic (exact) mass is 293 g/mol. The van der Waals surface area contributed by atoms with Crippen LogP contribution in [0.3, 0.4) is 0 Å². The fraction of sp³-hybridized carbons (Fsp3) is 0.750. The number of nitrogens with zero attached hydrogens (tertiary/aromatic N) is 2. The fourth-order valence-electron chi connectivity index (χ4n) is 3.50. The lowest BCUT2D eigenvalue weighted by Crippen LogP contribution is -2.27. The highest BCUT2D eigenvalue weighted by atomic mass is 16.5. The topological polar surface area (TPSA) is 56.3 Å². The number of rotatable bonds is 6. The van der Waals surface area contributed by atoms with E-state index < -0.39 is 0 Å². The van der Waals surface area contributed by atoms with Crippen molar-refractivity contribution in [2.45, 2.75) is 40.7 Å². The van der Waals surface area contributed by atoms with Gasteiger partial charge in [-0.25, -0.2) is 4.98 Å². The molecule has 2 rings (SSSR count). The van der Waals surface area contributed by atoms with Gasteiger partial charge in [0, 0.05) is 0 Å². The van der Waals surface area contributed by atoms with E-state index in [0.29, 0.717) is 17.7 Å². The van der Waals surface area contributed by atoms with Crippen LogP contribution < -0.4 is 14.8 Å². The molecule has 0 aromatic carbocycles. The van der Waals surface area contributed by atoms with Crippen LogP contribution >= 0.6 is 0 Å². The number of methoxy groups -OCH3 is 2. The van der Waals surface area contributed by atoms with Crippen LogP contribution in [0, 0.1) is 16.7 Å². The first-order valence-electron chi connectivity index (χ1n) is 7.49. The van der Waals surface area contributed by atoms with Crippen LogP contribution in [0.4, 0.5) is 0 Å². The van der Waals surface area contributed by atoms with E-state index in [4.69, 9.17) is 9.47 Å². The molecular weight excluding hydrogens is 266 g/mol. The highest BCUT2D eigenvalue weighted by Gasteiger charge is 2.67. The standard InChI is InChI=1S/C16H27N3O2/c1-8-17-11(13-15(2,3)16(13,4)5)12-14(21-7)19-10(20-6)9-18-12/h9,11,13,17H,8H2,1-7H3. The average molecular weight is 293 g/mol. The van der Waals surface area contributed by atoms with Gasteiger partial charge in [-0.1, -0.05) is 34.6 Å². The zero-order chi connectivity index (χ0) is 15.8. The van der Waals surface area contributed by atoms with Crippen molar-refractivity contribution < 1.29 is 9.47 Å². The maximum atomic E-state index is 5.44. The smallest absolute Gasteiger partial charge is 0.240 e. The molecular formula is C16H27N3O2. The number of hydrogen-bond donors (Lipinski definition) is 1. The molecule has 1 fully saturated rings. The van der Waals surface area contributed by atoms with Crippen LogP contribution in [0.25, 0.3) is 0 Å². The summed E-state index contributed by atoms with van der Waals surface area (Å²) >= 11 is 0. The van der Waals surface area contributed by atoms with Gasteiger partial charge in [-0.05, 0) is 23.3 Å². The molecule has 118 valence electrons. The Labute approximate surface area is 127 Å². The van der Waals surface area contributed by atoms with Crippen LogP contribution in [0.15, 0.2) is 6.20 Å². The summed E-state index contributed by atoms with van der Waals surface area (Å²) in [5.74, 6) is 1.50. The molecule has 1 unspecified atom stereocenters. The van der Waals surface area contributed by atoms with Gasteiger partial charge in [-0.2, -0.15) is 4.98 Å². The van der Waals surface area contributed by atoms with Crippen molar-refractivity contribution in [3.8, 4) is 11.8 Å². The molecule has 5 heteroatoms. The molecule has 1 atom stereocenters. The Morgan fingerprint density at radius 2 is 1.81 bits per heavy atom. The molecule has 1 aliphatic rings. The Morgan fingerprint density at radius 1 is 1.19 bits per heavy atom. The van der Waals surface area contributed by atoms with Crippen molar-refractivity contribution in [2.75, 3.05) is 20.8 Å². The molecule has 1 heterocycles. The molecule has 1 saturated carbocycles. The molecule has 1 aromatic heterocycles. The minimum absolute atomic E-state index is 0.133. The van der Waals surface area contributed by atoms with E-state index in [-0.39, 0.29) is 16.9 Å². The summed E-state index contributed by atoms with van der Waals surface area (Å²) in [6, 6.07) is 0.133. The Bertz CT molecular complexity index is 500. The zero-order valence-electron chi connectivity index (χ0n) is 14.2. The van der Waals surface area contributed by atoms with E-state index in [0.717, 1.165) is 12.2 Å². The lowest BCUT2D eigenvalue weighted by atomic mass is 10.0. The van der Waals surface area contributed by atoms with Gasteiger partial charge in [-0.3, -0.25) is 0 Å². The predicted molar refractivity (Wildman–Crippen MR) is 82.6 cm³/mol. The molecule has 0 radical (unpaired) electrons. The molecule has 5 nitrogen and oxygen atoms in total. The van der Waals surface area contributed by atoms with Crippen molar-refractivity contribution in [3.63, 3.8) is 0 Å². The van der Waals surface area contributed by atoms with Gasteiger partial charge in [0.1, 0.15) is 5.69 Å². The molecule has 0 saturated heterocycles. The van der Waals surface area contributed by atoms with Crippen molar-refractivity contribution in [1.29, 1.82) is 0 Å². The molecule has 0 spiro atoms. The lowest BCUT2D eigenvalue weighted by molar-refractivity contribution is 0.336. The predicted octanol–water partition coefficient (Wildman–Crippen LogP) is 2.83. The second-order valence-corrected chi connectivity index (χ2v) is 6.76. The summed E-state index contributed by atoms with van der Waals surface area (Å²) in [5.41, 5.74) is 1.38. The summed E-state index contributed by atoms with van der Waals surface area (Å²) in [4.78, 5) is 8.93. The third-order valence-electron chi connectivity index (χ3n) is 5.33. The maximum Gasteiger partial charge on any atom is 0.240 e. The first-order valence-corrected chi connectivity index (χ1v) is 7.49. The first-order chi connectivity index (χ1) is 9.81. The summed E-state index contributed by atoms with van der Waals surface area (Å²) in [7, 11) is 3.21. The molecule has 1 N–H and O–H groups in total. The first kappa shape index (κ1) is 16.0. The minimum Gasteiger partial charge on any atom is -0.480 e. The van der Waals surface area contributed by atoms with E-state index in [9.17, 15) is 0 Å². The van der Waals surface area contributed by atoms with Crippen molar-refractivity contribution in [1.82, 2.24) is 15.3 Å². The normalized spacial score (nSPS) is 20.9. The van der Waals surface area contributed by atoms with E-state index in [2.05, 4.69) is 49.9 Å². The highest BCUT2D eigenvalue weighted by Crippen LogP contribution is 2.72.